The van der Waals surface area contributed by atoms with Crippen molar-refractivity contribution < 1.29 is 4.74 Å². The summed E-state index contributed by atoms with van der Waals surface area (Å²) < 4.78 is 5.64. The van der Waals surface area contributed by atoms with E-state index in [9.17, 15) is 0 Å². The Morgan fingerprint density at radius 3 is 2.47 bits per heavy atom. The Kier molecular flexibility index (Phi) is 8.08. The number of hydrogen-bond donors (Lipinski definition) is 1. The average molecular weight is 299 g/mol. The molecule has 0 bridgehead atoms. The lowest BCUT2D eigenvalue weighted by Crippen LogP contribution is -2.00. The number of rotatable bonds is 9. The molecule has 0 saturated carbocycles. The van der Waals surface area contributed by atoms with Crippen molar-refractivity contribution in [3.8, 4) is 5.75 Å². The van der Waals surface area contributed by atoms with Crippen molar-refractivity contribution in [3.63, 3.8) is 0 Å². The van der Waals surface area contributed by atoms with Gasteiger partial charge >= 0.3 is 0 Å². The lowest BCUT2D eigenvalue weighted by molar-refractivity contribution is 0.304. The molecule has 0 fully saturated rings. The van der Waals surface area contributed by atoms with E-state index >= 15 is 0 Å². The van der Waals surface area contributed by atoms with Crippen molar-refractivity contribution in [1.29, 1.82) is 0 Å². The van der Waals surface area contributed by atoms with Gasteiger partial charge in [-0.1, -0.05) is 43.0 Å². The van der Waals surface area contributed by atoms with Crippen LogP contribution in [-0.2, 0) is 0 Å². The third-order valence-electron chi connectivity index (χ3n) is 3.02. The first-order chi connectivity index (χ1) is 9.09. The predicted molar refractivity (Wildman–Crippen MR) is 87.6 cm³/mol. The summed E-state index contributed by atoms with van der Waals surface area (Å²) in [4.78, 5) is 0. The molecule has 1 atom stereocenters. The second-order valence-corrected chi connectivity index (χ2v) is 5.93. The minimum absolute atomic E-state index is 0.352. The standard InChI is InChI=1S/C16H23ClOS/c1-13(2)16(19)7-5-3-4-6-12-18-15-10-8-14(17)9-11-15/h8-11,16,19H,1,3-7,12H2,2H3. The molecular formula is C16H23ClOS. The number of benzene rings is 1. The van der Waals surface area contributed by atoms with Crippen LogP contribution in [0.4, 0.5) is 0 Å². The van der Waals surface area contributed by atoms with Gasteiger partial charge in [0.15, 0.2) is 0 Å². The monoisotopic (exact) mass is 298 g/mol. The van der Waals surface area contributed by atoms with Crippen LogP contribution in [0.2, 0.25) is 5.02 Å². The van der Waals surface area contributed by atoms with Crippen LogP contribution in [0, 0.1) is 0 Å². The van der Waals surface area contributed by atoms with E-state index in [0.717, 1.165) is 35.8 Å². The number of thiol groups is 1. The van der Waals surface area contributed by atoms with Crippen LogP contribution in [0.25, 0.3) is 0 Å². The van der Waals surface area contributed by atoms with Gasteiger partial charge in [0.05, 0.1) is 6.61 Å². The summed E-state index contributed by atoms with van der Waals surface area (Å²) in [6.07, 6.45) is 5.85. The number of unbranched alkanes of at least 4 members (excludes halogenated alkanes) is 3. The maximum absolute atomic E-state index is 5.81. The first-order valence-electron chi connectivity index (χ1n) is 6.81. The van der Waals surface area contributed by atoms with Gasteiger partial charge in [-0.25, -0.2) is 0 Å². The minimum atomic E-state index is 0.352. The molecule has 0 aliphatic heterocycles. The zero-order valence-electron chi connectivity index (χ0n) is 11.6. The Bertz CT molecular complexity index is 375. The van der Waals surface area contributed by atoms with Crippen LogP contribution in [0.5, 0.6) is 5.75 Å². The fraction of sp³-hybridized carbons (Fsp3) is 0.500. The largest absolute Gasteiger partial charge is 0.494 e. The van der Waals surface area contributed by atoms with Crippen LogP contribution in [0.3, 0.4) is 0 Å². The van der Waals surface area contributed by atoms with E-state index in [4.69, 9.17) is 16.3 Å². The lowest BCUT2D eigenvalue weighted by Gasteiger charge is -2.09. The normalized spacial score (nSPS) is 12.2. The molecule has 1 rings (SSSR count). The third-order valence-corrected chi connectivity index (χ3v) is 3.97. The molecule has 0 N–H and O–H groups in total. The summed E-state index contributed by atoms with van der Waals surface area (Å²) >= 11 is 10.3. The highest BCUT2D eigenvalue weighted by Gasteiger charge is 2.02. The Morgan fingerprint density at radius 2 is 1.84 bits per heavy atom. The van der Waals surface area contributed by atoms with E-state index < -0.39 is 0 Å². The third kappa shape index (κ3) is 7.54. The van der Waals surface area contributed by atoms with Gasteiger partial charge < -0.3 is 4.74 Å². The number of hydrogen-bond acceptors (Lipinski definition) is 2. The van der Waals surface area contributed by atoms with E-state index in [-0.39, 0.29) is 0 Å². The molecule has 1 nitrogen and oxygen atoms in total. The highest BCUT2D eigenvalue weighted by molar-refractivity contribution is 7.81. The van der Waals surface area contributed by atoms with E-state index in [0.29, 0.717) is 5.25 Å². The van der Waals surface area contributed by atoms with Crippen molar-refractivity contribution in [2.24, 2.45) is 0 Å². The predicted octanol–water partition coefficient (Wildman–Crippen LogP) is 5.54. The van der Waals surface area contributed by atoms with E-state index in [1.807, 2.05) is 31.2 Å². The van der Waals surface area contributed by atoms with Crippen LogP contribution in [-0.4, -0.2) is 11.9 Å². The molecule has 0 aliphatic carbocycles. The van der Waals surface area contributed by atoms with Gasteiger partial charge in [0, 0.05) is 10.3 Å². The van der Waals surface area contributed by atoms with E-state index in [2.05, 4.69) is 19.2 Å². The number of ether oxygens (including phenoxy) is 1. The minimum Gasteiger partial charge on any atom is -0.494 e. The molecule has 0 aliphatic rings. The zero-order valence-corrected chi connectivity index (χ0v) is 13.2. The fourth-order valence-corrected chi connectivity index (χ4v) is 2.07. The van der Waals surface area contributed by atoms with E-state index in [1.54, 1.807) is 0 Å². The smallest absolute Gasteiger partial charge is 0.119 e. The first-order valence-corrected chi connectivity index (χ1v) is 7.71. The summed E-state index contributed by atoms with van der Waals surface area (Å²) in [6, 6.07) is 7.50. The SMILES string of the molecule is C=C(C)C(S)CCCCCCOc1ccc(Cl)cc1. The molecule has 0 spiro atoms. The van der Waals surface area contributed by atoms with E-state index in [1.165, 1.54) is 19.3 Å². The number of halogens is 1. The van der Waals surface area contributed by atoms with Gasteiger partial charge in [-0.3, -0.25) is 0 Å². The average Bonchev–Trinajstić information content (AvgIpc) is 2.39. The molecule has 0 amide bonds. The van der Waals surface area contributed by atoms with Crippen molar-refractivity contribution in [2.75, 3.05) is 6.61 Å². The molecule has 1 unspecified atom stereocenters. The fourth-order valence-electron chi connectivity index (χ4n) is 1.76. The van der Waals surface area contributed by atoms with Crippen molar-refractivity contribution in [3.05, 3.63) is 41.4 Å². The molecule has 3 heteroatoms. The summed E-state index contributed by atoms with van der Waals surface area (Å²) in [7, 11) is 0. The van der Waals surface area contributed by atoms with Gasteiger partial charge in [-0.2, -0.15) is 12.6 Å². The topological polar surface area (TPSA) is 9.23 Å². The van der Waals surface area contributed by atoms with Crippen molar-refractivity contribution in [1.82, 2.24) is 0 Å². The Labute approximate surface area is 127 Å². The molecular weight excluding hydrogens is 276 g/mol. The van der Waals surface area contributed by atoms with Crippen LogP contribution < -0.4 is 4.74 Å². The van der Waals surface area contributed by atoms with Crippen molar-refractivity contribution >= 4 is 24.2 Å². The zero-order chi connectivity index (χ0) is 14.1. The highest BCUT2D eigenvalue weighted by Crippen LogP contribution is 2.17. The second-order valence-electron chi connectivity index (χ2n) is 4.87. The van der Waals surface area contributed by atoms with Gasteiger partial charge in [-0.05, 0) is 44.0 Å². The summed E-state index contributed by atoms with van der Waals surface area (Å²) in [5, 5.41) is 1.09. The lowest BCUT2D eigenvalue weighted by atomic mass is 10.1. The maximum atomic E-state index is 5.81. The summed E-state index contributed by atoms with van der Waals surface area (Å²) in [6.45, 7) is 6.73. The molecule has 0 saturated heterocycles. The molecule has 106 valence electrons. The van der Waals surface area contributed by atoms with Gasteiger partial charge in [0.25, 0.3) is 0 Å². The molecule has 0 heterocycles. The van der Waals surface area contributed by atoms with Crippen LogP contribution in [0.15, 0.2) is 36.4 Å². The van der Waals surface area contributed by atoms with Gasteiger partial charge in [0.1, 0.15) is 5.75 Å². The molecule has 1 aromatic carbocycles. The second kappa shape index (κ2) is 9.33. The first kappa shape index (κ1) is 16.5. The Balaban J connectivity index is 1.99. The Hall–Kier alpha value is -0.600. The molecule has 0 aromatic heterocycles. The molecule has 1 aromatic rings. The summed E-state index contributed by atoms with van der Waals surface area (Å²) in [5.74, 6) is 0.891. The Morgan fingerprint density at radius 1 is 1.21 bits per heavy atom. The van der Waals surface area contributed by atoms with Crippen molar-refractivity contribution in [2.45, 2.75) is 44.3 Å². The molecule has 19 heavy (non-hydrogen) atoms. The van der Waals surface area contributed by atoms with Crippen LogP contribution >= 0.6 is 24.2 Å². The van der Waals surface area contributed by atoms with Gasteiger partial charge in [-0.15, -0.1) is 0 Å². The molecule has 0 radical (unpaired) electrons. The van der Waals surface area contributed by atoms with Gasteiger partial charge in [0.2, 0.25) is 0 Å². The summed E-state index contributed by atoms with van der Waals surface area (Å²) in [5.41, 5.74) is 1.16. The highest BCUT2D eigenvalue weighted by atomic mass is 35.5. The quantitative estimate of drug-likeness (QED) is 0.357. The van der Waals surface area contributed by atoms with Crippen LogP contribution in [0.1, 0.15) is 39.0 Å². The maximum Gasteiger partial charge on any atom is 0.119 e.